The van der Waals surface area contributed by atoms with Crippen LogP contribution in [0.1, 0.15) is 13.3 Å². The van der Waals surface area contributed by atoms with Crippen LogP contribution in [0.5, 0.6) is 0 Å². The third-order valence-electron chi connectivity index (χ3n) is 3.43. The predicted molar refractivity (Wildman–Crippen MR) is 56.8 cm³/mol. The van der Waals surface area contributed by atoms with Crippen molar-refractivity contribution >= 4 is 9.84 Å². The minimum absolute atomic E-state index is 0.389. The van der Waals surface area contributed by atoms with Crippen LogP contribution in [0.15, 0.2) is 11.6 Å². The van der Waals surface area contributed by atoms with E-state index in [2.05, 4.69) is 13.0 Å². The standard InChI is InChI=1S/C10H18NO2S/c1-10-3-2-4-11(9-10)5-7-14(12,13)8-6-11/h3H,2,4-9H2,1H3/q+1. The first kappa shape index (κ1) is 10.2. The van der Waals surface area contributed by atoms with Crippen molar-refractivity contribution in [3.8, 4) is 0 Å². The summed E-state index contributed by atoms with van der Waals surface area (Å²) >= 11 is 0. The van der Waals surface area contributed by atoms with Crippen LogP contribution in [0.4, 0.5) is 0 Å². The molecule has 0 aliphatic carbocycles. The van der Waals surface area contributed by atoms with E-state index in [-0.39, 0.29) is 0 Å². The topological polar surface area (TPSA) is 34.1 Å². The summed E-state index contributed by atoms with van der Waals surface area (Å²) in [6.07, 6.45) is 3.40. The van der Waals surface area contributed by atoms with Crippen LogP contribution in [0.3, 0.4) is 0 Å². The fourth-order valence-corrected chi connectivity index (χ4v) is 4.05. The van der Waals surface area contributed by atoms with Gasteiger partial charge < -0.3 is 4.48 Å². The molecule has 0 atom stereocenters. The summed E-state index contributed by atoms with van der Waals surface area (Å²) in [6.45, 7) is 6.01. The Morgan fingerprint density at radius 3 is 2.43 bits per heavy atom. The van der Waals surface area contributed by atoms with Crippen LogP contribution in [-0.4, -0.2) is 50.6 Å². The predicted octanol–water partition coefficient (Wildman–Crippen LogP) is 0.582. The number of rotatable bonds is 0. The van der Waals surface area contributed by atoms with Gasteiger partial charge in [-0.1, -0.05) is 6.08 Å². The lowest BCUT2D eigenvalue weighted by atomic mass is 10.1. The van der Waals surface area contributed by atoms with Crippen LogP contribution in [0, 0.1) is 0 Å². The summed E-state index contributed by atoms with van der Waals surface area (Å²) in [4.78, 5) is 0. The van der Waals surface area contributed by atoms with Gasteiger partial charge in [0, 0.05) is 6.42 Å². The largest absolute Gasteiger partial charge is 0.318 e. The summed E-state index contributed by atoms with van der Waals surface area (Å²) < 4.78 is 23.7. The van der Waals surface area contributed by atoms with Crippen molar-refractivity contribution in [2.75, 3.05) is 37.7 Å². The number of hydrogen-bond acceptors (Lipinski definition) is 2. The summed E-state index contributed by atoms with van der Waals surface area (Å²) in [5.41, 5.74) is 1.43. The molecule has 0 aromatic carbocycles. The first-order valence-corrected chi connectivity index (χ1v) is 7.05. The lowest BCUT2D eigenvalue weighted by Gasteiger charge is -2.43. The molecule has 0 bridgehead atoms. The Morgan fingerprint density at radius 1 is 1.21 bits per heavy atom. The maximum absolute atomic E-state index is 11.3. The second-order valence-corrected chi connectivity index (χ2v) is 6.97. The number of quaternary nitrogens is 1. The van der Waals surface area contributed by atoms with Crippen molar-refractivity contribution in [1.82, 2.24) is 0 Å². The molecule has 0 N–H and O–H groups in total. The van der Waals surface area contributed by atoms with Gasteiger partial charge in [0.2, 0.25) is 0 Å². The molecule has 1 spiro atoms. The monoisotopic (exact) mass is 216 g/mol. The molecule has 2 heterocycles. The Labute approximate surface area is 85.9 Å². The average molecular weight is 216 g/mol. The summed E-state index contributed by atoms with van der Waals surface area (Å²) in [6, 6.07) is 0. The van der Waals surface area contributed by atoms with Crippen LogP contribution in [-0.2, 0) is 9.84 Å². The fourth-order valence-electron chi connectivity index (χ4n) is 2.52. The maximum Gasteiger partial charge on any atom is 0.161 e. The fraction of sp³-hybridized carbons (Fsp3) is 0.800. The van der Waals surface area contributed by atoms with E-state index >= 15 is 0 Å². The maximum atomic E-state index is 11.3. The van der Waals surface area contributed by atoms with Crippen LogP contribution < -0.4 is 0 Å². The molecular formula is C10H18NO2S+. The molecular weight excluding hydrogens is 198 g/mol. The van der Waals surface area contributed by atoms with Gasteiger partial charge in [-0.05, 0) is 12.5 Å². The zero-order valence-corrected chi connectivity index (χ0v) is 9.52. The van der Waals surface area contributed by atoms with E-state index in [0.717, 1.165) is 37.1 Å². The van der Waals surface area contributed by atoms with E-state index in [1.165, 1.54) is 5.57 Å². The minimum atomic E-state index is -2.71. The molecule has 2 aliphatic rings. The van der Waals surface area contributed by atoms with Gasteiger partial charge in [-0.25, -0.2) is 8.42 Å². The smallest absolute Gasteiger partial charge is 0.161 e. The zero-order valence-electron chi connectivity index (χ0n) is 8.70. The molecule has 1 fully saturated rings. The number of nitrogens with zero attached hydrogens (tertiary/aromatic N) is 1. The van der Waals surface area contributed by atoms with Crippen molar-refractivity contribution < 1.29 is 12.9 Å². The molecule has 0 amide bonds. The van der Waals surface area contributed by atoms with Gasteiger partial charge in [0.05, 0.1) is 31.1 Å². The van der Waals surface area contributed by atoms with Gasteiger partial charge in [-0.3, -0.25) is 0 Å². The molecule has 2 rings (SSSR count). The Hall–Kier alpha value is -0.350. The van der Waals surface area contributed by atoms with Gasteiger partial charge in [0.15, 0.2) is 9.84 Å². The van der Waals surface area contributed by atoms with E-state index in [9.17, 15) is 8.42 Å². The quantitative estimate of drug-likeness (QED) is 0.438. The van der Waals surface area contributed by atoms with E-state index in [0.29, 0.717) is 11.5 Å². The molecule has 3 nitrogen and oxygen atoms in total. The second-order valence-electron chi connectivity index (χ2n) is 4.66. The Morgan fingerprint density at radius 2 is 1.86 bits per heavy atom. The highest BCUT2D eigenvalue weighted by Crippen LogP contribution is 2.22. The third-order valence-corrected chi connectivity index (χ3v) is 5.04. The molecule has 14 heavy (non-hydrogen) atoms. The highest BCUT2D eigenvalue weighted by atomic mass is 32.2. The van der Waals surface area contributed by atoms with Crippen LogP contribution in [0.25, 0.3) is 0 Å². The van der Waals surface area contributed by atoms with Crippen molar-refractivity contribution in [3.05, 3.63) is 11.6 Å². The van der Waals surface area contributed by atoms with Gasteiger partial charge in [0.1, 0.15) is 6.54 Å². The minimum Gasteiger partial charge on any atom is -0.318 e. The van der Waals surface area contributed by atoms with Gasteiger partial charge in [0.25, 0.3) is 0 Å². The molecule has 0 radical (unpaired) electrons. The van der Waals surface area contributed by atoms with Gasteiger partial charge in [-0.15, -0.1) is 0 Å². The van der Waals surface area contributed by atoms with Crippen LogP contribution >= 0.6 is 0 Å². The third kappa shape index (κ3) is 2.01. The molecule has 0 unspecified atom stereocenters. The molecule has 1 saturated heterocycles. The van der Waals surface area contributed by atoms with Crippen molar-refractivity contribution in [2.24, 2.45) is 0 Å². The lowest BCUT2D eigenvalue weighted by molar-refractivity contribution is -0.921. The Balaban J connectivity index is 2.10. The van der Waals surface area contributed by atoms with E-state index in [1.54, 1.807) is 0 Å². The van der Waals surface area contributed by atoms with E-state index < -0.39 is 9.84 Å². The summed E-state index contributed by atoms with van der Waals surface area (Å²) in [7, 11) is -2.71. The summed E-state index contributed by atoms with van der Waals surface area (Å²) in [5.74, 6) is 0.778. The lowest BCUT2D eigenvalue weighted by Crippen LogP contribution is -2.58. The average Bonchev–Trinajstić information content (AvgIpc) is 2.12. The van der Waals surface area contributed by atoms with Crippen molar-refractivity contribution in [2.45, 2.75) is 13.3 Å². The SMILES string of the molecule is CC1=CCC[N+]2(CCS(=O)(=O)CC2)C1. The molecule has 2 aliphatic heterocycles. The normalized spacial score (nSPS) is 29.9. The first-order chi connectivity index (χ1) is 6.52. The molecule has 0 aromatic heterocycles. The van der Waals surface area contributed by atoms with Crippen molar-refractivity contribution in [3.63, 3.8) is 0 Å². The zero-order chi connectivity index (χ0) is 10.2. The number of hydrogen-bond donors (Lipinski definition) is 0. The Bertz CT molecular complexity index is 342. The van der Waals surface area contributed by atoms with E-state index in [4.69, 9.17) is 0 Å². The highest BCUT2D eigenvalue weighted by molar-refractivity contribution is 7.91. The van der Waals surface area contributed by atoms with Gasteiger partial charge >= 0.3 is 0 Å². The van der Waals surface area contributed by atoms with E-state index in [1.807, 2.05) is 0 Å². The Kier molecular flexibility index (Phi) is 2.43. The van der Waals surface area contributed by atoms with Gasteiger partial charge in [-0.2, -0.15) is 0 Å². The molecule has 80 valence electrons. The second kappa shape index (κ2) is 3.35. The molecule has 4 heteroatoms. The first-order valence-electron chi connectivity index (χ1n) is 5.23. The number of sulfone groups is 1. The summed E-state index contributed by atoms with van der Waals surface area (Å²) in [5, 5.41) is 0. The van der Waals surface area contributed by atoms with Crippen molar-refractivity contribution in [1.29, 1.82) is 0 Å². The molecule has 0 aromatic rings. The molecule has 0 saturated carbocycles. The highest BCUT2D eigenvalue weighted by Gasteiger charge is 2.36. The van der Waals surface area contributed by atoms with Crippen LogP contribution in [0.2, 0.25) is 0 Å².